The van der Waals surface area contributed by atoms with Crippen LogP contribution >= 0.6 is 0 Å². The molecule has 4 heteroatoms. The lowest BCUT2D eigenvalue weighted by Gasteiger charge is -2.38. The van der Waals surface area contributed by atoms with Crippen molar-refractivity contribution < 1.29 is 4.79 Å². The van der Waals surface area contributed by atoms with Crippen molar-refractivity contribution in [2.24, 2.45) is 11.8 Å². The first-order chi connectivity index (χ1) is 14.7. The number of aryl methyl sites for hydroxylation is 1. The fraction of sp³-hybridized carbons (Fsp3) is 0.538. The van der Waals surface area contributed by atoms with Crippen LogP contribution in [0.4, 0.5) is 0 Å². The van der Waals surface area contributed by atoms with Crippen molar-refractivity contribution in [3.05, 3.63) is 65.5 Å². The monoisotopic (exact) mass is 405 g/mol. The summed E-state index contributed by atoms with van der Waals surface area (Å²) >= 11 is 0. The molecule has 1 atom stereocenters. The molecular weight excluding hydrogens is 370 g/mol. The molecule has 2 aliphatic rings. The van der Waals surface area contributed by atoms with Crippen LogP contribution in [0.5, 0.6) is 0 Å². The van der Waals surface area contributed by atoms with Crippen molar-refractivity contribution >= 4 is 5.91 Å². The Hall–Kier alpha value is -2.20. The van der Waals surface area contributed by atoms with Crippen molar-refractivity contribution in [1.29, 1.82) is 0 Å². The number of pyridine rings is 1. The normalized spacial score (nSPS) is 20.0. The second kappa shape index (κ2) is 10.2. The smallest absolute Gasteiger partial charge is 0.252 e. The van der Waals surface area contributed by atoms with Crippen LogP contribution < -0.4 is 5.32 Å². The topological polar surface area (TPSA) is 45.2 Å². The fourth-order valence-electron chi connectivity index (χ4n) is 5.24. The van der Waals surface area contributed by atoms with Gasteiger partial charge < -0.3 is 10.2 Å². The number of carbonyl (C=O) groups is 1. The molecule has 1 aromatic heterocycles. The summed E-state index contributed by atoms with van der Waals surface area (Å²) in [6, 6.07) is 13.8. The summed E-state index contributed by atoms with van der Waals surface area (Å²) in [5.41, 5.74) is 2.75. The van der Waals surface area contributed by atoms with E-state index in [1.165, 1.54) is 38.6 Å². The Morgan fingerprint density at radius 1 is 1.03 bits per heavy atom. The van der Waals surface area contributed by atoms with Gasteiger partial charge >= 0.3 is 0 Å². The van der Waals surface area contributed by atoms with Gasteiger partial charge in [-0.25, -0.2) is 0 Å². The van der Waals surface area contributed by atoms with E-state index >= 15 is 0 Å². The minimum atomic E-state index is -0.0323. The molecule has 1 N–H and O–H groups in total. The van der Waals surface area contributed by atoms with Gasteiger partial charge in [0.2, 0.25) is 0 Å². The predicted molar refractivity (Wildman–Crippen MR) is 121 cm³/mol. The highest BCUT2D eigenvalue weighted by molar-refractivity contribution is 5.95. The Labute approximate surface area is 181 Å². The zero-order chi connectivity index (χ0) is 20.8. The molecule has 1 aromatic carbocycles. The molecule has 1 amide bonds. The van der Waals surface area contributed by atoms with Gasteiger partial charge in [0.15, 0.2) is 0 Å². The molecule has 0 radical (unpaired) electrons. The van der Waals surface area contributed by atoms with Crippen LogP contribution in [0.15, 0.2) is 48.7 Å². The van der Waals surface area contributed by atoms with E-state index in [-0.39, 0.29) is 11.9 Å². The van der Waals surface area contributed by atoms with Gasteiger partial charge in [0.1, 0.15) is 0 Å². The van der Waals surface area contributed by atoms with Crippen LogP contribution in [0.3, 0.4) is 0 Å². The molecule has 1 aliphatic heterocycles. The zero-order valence-electron chi connectivity index (χ0n) is 18.2. The van der Waals surface area contributed by atoms with E-state index in [0.717, 1.165) is 48.7 Å². The summed E-state index contributed by atoms with van der Waals surface area (Å²) in [6.07, 6.45) is 11.1. The highest BCUT2D eigenvalue weighted by Crippen LogP contribution is 2.32. The van der Waals surface area contributed by atoms with E-state index in [4.69, 9.17) is 0 Å². The largest absolute Gasteiger partial charge is 0.343 e. The Morgan fingerprint density at radius 3 is 2.47 bits per heavy atom. The van der Waals surface area contributed by atoms with Gasteiger partial charge in [-0.3, -0.25) is 9.78 Å². The van der Waals surface area contributed by atoms with E-state index in [2.05, 4.69) is 21.3 Å². The number of amides is 1. The average Bonchev–Trinajstić information content (AvgIpc) is 2.79. The van der Waals surface area contributed by atoms with Crippen molar-refractivity contribution in [2.45, 2.75) is 57.9 Å². The molecule has 2 fully saturated rings. The molecule has 4 nitrogen and oxygen atoms in total. The number of aromatic nitrogens is 1. The number of rotatable bonds is 6. The van der Waals surface area contributed by atoms with E-state index in [9.17, 15) is 4.79 Å². The van der Waals surface area contributed by atoms with E-state index < -0.39 is 0 Å². The molecule has 2 aromatic rings. The van der Waals surface area contributed by atoms with Crippen molar-refractivity contribution in [2.75, 3.05) is 19.6 Å². The molecule has 160 valence electrons. The lowest BCUT2D eigenvalue weighted by atomic mass is 9.85. The first kappa shape index (κ1) is 21.0. The third kappa shape index (κ3) is 5.28. The fourth-order valence-corrected chi connectivity index (χ4v) is 5.24. The molecular formula is C26H35N3O. The average molecular weight is 406 g/mol. The van der Waals surface area contributed by atoms with Gasteiger partial charge in [-0.1, -0.05) is 43.5 Å². The third-order valence-corrected chi connectivity index (χ3v) is 7.03. The van der Waals surface area contributed by atoms with Gasteiger partial charge in [0.25, 0.3) is 5.91 Å². The molecule has 30 heavy (non-hydrogen) atoms. The van der Waals surface area contributed by atoms with Crippen LogP contribution in [0.1, 0.15) is 72.6 Å². The van der Waals surface area contributed by atoms with E-state index in [1.54, 1.807) is 0 Å². The maximum Gasteiger partial charge on any atom is 0.252 e. The summed E-state index contributed by atoms with van der Waals surface area (Å²) in [5, 5.41) is 3.34. The second-order valence-corrected chi connectivity index (χ2v) is 9.16. The number of likely N-dealkylation sites (tertiary alicyclic amines) is 1. The van der Waals surface area contributed by atoms with E-state index in [0.29, 0.717) is 5.92 Å². The summed E-state index contributed by atoms with van der Waals surface area (Å²) in [6.45, 7) is 5.51. The molecule has 0 unspecified atom stereocenters. The highest BCUT2D eigenvalue weighted by Gasteiger charge is 2.31. The quantitative estimate of drug-likeness (QED) is 0.722. The maximum absolute atomic E-state index is 13.1. The number of carbonyl (C=O) groups excluding carboxylic acids is 1. The van der Waals surface area contributed by atoms with Crippen LogP contribution in [0.25, 0.3) is 0 Å². The van der Waals surface area contributed by atoms with Gasteiger partial charge in [0, 0.05) is 18.3 Å². The maximum atomic E-state index is 13.1. The Balaban J connectivity index is 1.42. The van der Waals surface area contributed by atoms with Crippen LogP contribution in [0.2, 0.25) is 0 Å². The lowest BCUT2D eigenvalue weighted by Crippen LogP contribution is -2.42. The third-order valence-electron chi connectivity index (χ3n) is 7.03. The molecule has 2 heterocycles. The van der Waals surface area contributed by atoms with Gasteiger partial charge in [-0.2, -0.15) is 0 Å². The molecule has 1 saturated carbocycles. The summed E-state index contributed by atoms with van der Waals surface area (Å²) in [4.78, 5) is 20.3. The Bertz CT molecular complexity index is 808. The standard InChI is InChI=1S/C26H35N3O/c1-20-9-5-6-12-23(20)26(30)28-25(24-13-7-8-16-27-24)22-14-17-29(18-15-22)19-21-10-3-2-4-11-21/h5-9,12-13,16,21-22,25H,2-4,10-11,14-15,17-19H2,1H3,(H,28,30)/t25-/m1/s1. The number of nitrogens with zero attached hydrogens (tertiary/aromatic N) is 2. The second-order valence-electron chi connectivity index (χ2n) is 9.16. The Morgan fingerprint density at radius 2 is 1.77 bits per heavy atom. The minimum absolute atomic E-state index is 0.00777. The SMILES string of the molecule is Cc1ccccc1C(=O)N[C@@H](c1ccccn1)C1CCN(CC2CCCCC2)CC1. The molecule has 1 saturated heterocycles. The van der Waals surface area contributed by atoms with Crippen molar-refractivity contribution in [3.63, 3.8) is 0 Å². The number of benzene rings is 1. The molecule has 4 rings (SSSR count). The van der Waals surface area contributed by atoms with Crippen molar-refractivity contribution in [3.8, 4) is 0 Å². The number of nitrogens with one attached hydrogen (secondary N) is 1. The molecule has 0 bridgehead atoms. The number of hydrogen-bond donors (Lipinski definition) is 1. The molecule has 1 aliphatic carbocycles. The molecule has 0 spiro atoms. The number of piperidine rings is 1. The lowest BCUT2D eigenvalue weighted by molar-refractivity contribution is 0.0877. The van der Waals surface area contributed by atoms with Crippen molar-refractivity contribution in [1.82, 2.24) is 15.2 Å². The van der Waals surface area contributed by atoms with E-state index in [1.807, 2.05) is 49.5 Å². The zero-order valence-corrected chi connectivity index (χ0v) is 18.2. The van der Waals surface area contributed by atoms with Gasteiger partial charge in [0.05, 0.1) is 11.7 Å². The van der Waals surface area contributed by atoms with Crippen LogP contribution in [0, 0.1) is 18.8 Å². The minimum Gasteiger partial charge on any atom is -0.343 e. The Kier molecular flexibility index (Phi) is 7.16. The van der Waals surface area contributed by atoms with Crippen LogP contribution in [-0.4, -0.2) is 35.4 Å². The van der Waals surface area contributed by atoms with Crippen LogP contribution in [-0.2, 0) is 0 Å². The number of hydrogen-bond acceptors (Lipinski definition) is 3. The summed E-state index contributed by atoms with van der Waals surface area (Å²) in [7, 11) is 0. The summed E-state index contributed by atoms with van der Waals surface area (Å²) in [5.74, 6) is 1.33. The summed E-state index contributed by atoms with van der Waals surface area (Å²) < 4.78 is 0. The van der Waals surface area contributed by atoms with Gasteiger partial charge in [-0.15, -0.1) is 0 Å². The first-order valence-corrected chi connectivity index (χ1v) is 11.7. The highest BCUT2D eigenvalue weighted by atomic mass is 16.1. The van der Waals surface area contributed by atoms with Gasteiger partial charge in [-0.05, 0) is 81.3 Å². The first-order valence-electron chi connectivity index (χ1n) is 11.7. The predicted octanol–water partition coefficient (Wildman–Crippen LogP) is 5.15.